The Hall–Kier alpha value is -1.63. The largest absolute Gasteiger partial charge is 0.415 e. The molecule has 1 aromatic heterocycles. The van der Waals surface area contributed by atoms with Gasteiger partial charge in [0.25, 0.3) is 5.91 Å². The molecule has 110 valence electrons. The van der Waals surface area contributed by atoms with Crippen molar-refractivity contribution in [1.82, 2.24) is 9.88 Å². The zero-order valence-electron chi connectivity index (χ0n) is 11.0. The van der Waals surface area contributed by atoms with E-state index < -0.39 is 17.6 Å². The van der Waals surface area contributed by atoms with Crippen LogP contribution in [-0.2, 0) is 4.79 Å². The van der Waals surface area contributed by atoms with Gasteiger partial charge in [-0.15, -0.1) is 0 Å². The lowest BCUT2D eigenvalue weighted by Crippen LogP contribution is -2.62. The number of hydrogen-bond donors (Lipinski definition) is 1. The molecule has 7 heteroatoms. The zero-order valence-corrected chi connectivity index (χ0v) is 11.0. The number of nitrogens with zero attached hydrogens (tertiary/aromatic N) is 2. The van der Waals surface area contributed by atoms with Crippen molar-refractivity contribution in [3.63, 3.8) is 0 Å². The van der Waals surface area contributed by atoms with Crippen molar-refractivity contribution in [2.24, 2.45) is 5.73 Å². The first kappa shape index (κ1) is 14.8. The molecule has 0 bridgehead atoms. The van der Waals surface area contributed by atoms with Gasteiger partial charge in [0.05, 0.1) is 6.04 Å². The highest BCUT2D eigenvalue weighted by atomic mass is 19.4. The molecule has 2 atom stereocenters. The van der Waals surface area contributed by atoms with Gasteiger partial charge in [-0.05, 0) is 31.4 Å². The second-order valence-electron chi connectivity index (χ2n) is 5.14. The molecule has 1 saturated heterocycles. The van der Waals surface area contributed by atoms with Gasteiger partial charge in [0, 0.05) is 18.9 Å². The summed E-state index contributed by atoms with van der Waals surface area (Å²) in [6.07, 6.45) is -0.359. The van der Waals surface area contributed by atoms with Gasteiger partial charge in [-0.3, -0.25) is 9.78 Å². The maximum absolute atomic E-state index is 12.9. The Morgan fingerprint density at radius 2 is 2.20 bits per heavy atom. The molecule has 2 rings (SSSR count). The van der Waals surface area contributed by atoms with Crippen molar-refractivity contribution in [2.45, 2.75) is 37.5 Å². The first-order chi connectivity index (χ1) is 9.25. The quantitative estimate of drug-likeness (QED) is 0.905. The minimum Gasteiger partial charge on any atom is -0.334 e. The molecule has 0 aliphatic carbocycles. The lowest BCUT2D eigenvalue weighted by atomic mass is 9.99. The number of likely N-dealkylation sites (tertiary alicyclic amines) is 1. The van der Waals surface area contributed by atoms with Gasteiger partial charge in [-0.1, -0.05) is 6.07 Å². The summed E-state index contributed by atoms with van der Waals surface area (Å²) in [4.78, 5) is 17.3. The first-order valence-electron chi connectivity index (χ1n) is 6.32. The summed E-state index contributed by atoms with van der Waals surface area (Å²) in [7, 11) is 0. The van der Waals surface area contributed by atoms with Gasteiger partial charge in [0.15, 0.2) is 5.54 Å². The van der Waals surface area contributed by atoms with E-state index in [9.17, 15) is 18.0 Å². The first-order valence-corrected chi connectivity index (χ1v) is 6.32. The SMILES string of the molecule is CC(N)(C(=O)N1CCCC1c1cccnc1)C(F)(F)F. The lowest BCUT2D eigenvalue weighted by molar-refractivity contribution is -0.194. The number of rotatable bonds is 2. The van der Waals surface area contributed by atoms with Crippen molar-refractivity contribution >= 4 is 5.91 Å². The summed E-state index contributed by atoms with van der Waals surface area (Å²) >= 11 is 0. The fourth-order valence-corrected chi connectivity index (χ4v) is 2.35. The van der Waals surface area contributed by atoms with Crippen LogP contribution in [0.1, 0.15) is 31.4 Å². The predicted molar refractivity (Wildman–Crippen MR) is 66.6 cm³/mol. The average Bonchev–Trinajstić information content (AvgIpc) is 2.86. The summed E-state index contributed by atoms with van der Waals surface area (Å²) in [5, 5.41) is 0. The number of halogens is 3. The van der Waals surface area contributed by atoms with Crippen LogP contribution in [0.2, 0.25) is 0 Å². The molecule has 0 spiro atoms. The van der Waals surface area contributed by atoms with E-state index in [1.807, 2.05) is 0 Å². The van der Waals surface area contributed by atoms with Crippen LogP contribution in [0.4, 0.5) is 13.2 Å². The smallest absolute Gasteiger partial charge is 0.334 e. The Labute approximate surface area is 114 Å². The van der Waals surface area contributed by atoms with E-state index in [2.05, 4.69) is 4.98 Å². The molecule has 2 heterocycles. The van der Waals surface area contributed by atoms with Gasteiger partial charge < -0.3 is 10.6 Å². The highest BCUT2D eigenvalue weighted by Gasteiger charge is 2.56. The Bertz CT molecular complexity index is 487. The molecule has 1 aliphatic rings. The number of carbonyl (C=O) groups excluding carboxylic acids is 1. The summed E-state index contributed by atoms with van der Waals surface area (Å²) < 4.78 is 38.6. The third-order valence-corrected chi connectivity index (χ3v) is 3.62. The van der Waals surface area contributed by atoms with Gasteiger partial charge in [-0.25, -0.2) is 0 Å². The maximum Gasteiger partial charge on any atom is 0.415 e. The van der Waals surface area contributed by atoms with E-state index in [4.69, 9.17) is 5.73 Å². The van der Waals surface area contributed by atoms with Gasteiger partial charge in [-0.2, -0.15) is 13.2 Å². The standard InChI is InChI=1S/C13H16F3N3O/c1-12(17,13(14,15)16)11(20)19-7-3-5-10(19)9-4-2-6-18-8-9/h2,4,6,8,10H,3,5,7,17H2,1H3. The molecule has 1 fully saturated rings. The van der Waals surface area contributed by atoms with Crippen molar-refractivity contribution in [3.05, 3.63) is 30.1 Å². The Morgan fingerprint density at radius 3 is 2.75 bits per heavy atom. The minimum absolute atomic E-state index is 0.279. The number of aromatic nitrogens is 1. The molecular weight excluding hydrogens is 271 g/mol. The average molecular weight is 287 g/mol. The fraction of sp³-hybridized carbons (Fsp3) is 0.538. The molecule has 1 amide bonds. The van der Waals surface area contributed by atoms with E-state index in [1.165, 1.54) is 4.90 Å². The van der Waals surface area contributed by atoms with E-state index in [0.29, 0.717) is 19.8 Å². The molecule has 20 heavy (non-hydrogen) atoms. The van der Waals surface area contributed by atoms with E-state index in [-0.39, 0.29) is 12.6 Å². The van der Waals surface area contributed by atoms with Crippen LogP contribution in [-0.4, -0.2) is 34.1 Å². The van der Waals surface area contributed by atoms with E-state index >= 15 is 0 Å². The van der Waals surface area contributed by atoms with Gasteiger partial charge in [0.2, 0.25) is 0 Å². The monoisotopic (exact) mass is 287 g/mol. The number of carbonyl (C=O) groups is 1. The van der Waals surface area contributed by atoms with Gasteiger partial charge >= 0.3 is 6.18 Å². The molecule has 1 aliphatic heterocycles. The highest BCUT2D eigenvalue weighted by Crippen LogP contribution is 2.36. The molecule has 1 aromatic rings. The van der Waals surface area contributed by atoms with Gasteiger partial charge in [0.1, 0.15) is 0 Å². The van der Waals surface area contributed by atoms with Crippen LogP contribution in [0.5, 0.6) is 0 Å². The third kappa shape index (κ3) is 2.49. The van der Waals surface area contributed by atoms with Crippen molar-refractivity contribution in [2.75, 3.05) is 6.54 Å². The second-order valence-corrected chi connectivity index (χ2v) is 5.14. The van der Waals surface area contributed by atoms with E-state index in [1.54, 1.807) is 24.5 Å². The summed E-state index contributed by atoms with van der Waals surface area (Å²) in [6, 6.07) is 3.06. The number of amides is 1. The zero-order chi connectivity index (χ0) is 15.0. The Balaban J connectivity index is 2.26. The molecule has 0 saturated carbocycles. The maximum atomic E-state index is 12.9. The predicted octanol–water partition coefficient (Wildman–Crippen LogP) is 2.02. The van der Waals surface area contributed by atoms with Crippen LogP contribution in [0.15, 0.2) is 24.5 Å². The van der Waals surface area contributed by atoms with Crippen molar-refractivity contribution < 1.29 is 18.0 Å². The second kappa shape index (κ2) is 5.05. The minimum atomic E-state index is -4.77. The summed E-state index contributed by atoms with van der Waals surface area (Å²) in [6.45, 7) is 0.995. The van der Waals surface area contributed by atoms with Crippen LogP contribution >= 0.6 is 0 Å². The number of alkyl halides is 3. The molecule has 2 N–H and O–H groups in total. The Kier molecular flexibility index (Phi) is 3.73. The number of pyridine rings is 1. The third-order valence-electron chi connectivity index (χ3n) is 3.62. The van der Waals surface area contributed by atoms with Crippen molar-refractivity contribution in [1.29, 1.82) is 0 Å². The number of hydrogen-bond acceptors (Lipinski definition) is 3. The summed E-state index contributed by atoms with van der Waals surface area (Å²) in [5.41, 5.74) is 3.10. The van der Waals surface area contributed by atoms with E-state index in [0.717, 1.165) is 5.56 Å². The molecule has 2 unspecified atom stereocenters. The highest BCUT2D eigenvalue weighted by molar-refractivity contribution is 5.87. The molecular formula is C13H16F3N3O. The lowest BCUT2D eigenvalue weighted by Gasteiger charge is -2.34. The Morgan fingerprint density at radius 1 is 1.50 bits per heavy atom. The molecule has 0 aromatic carbocycles. The van der Waals surface area contributed by atoms with Crippen LogP contribution in [0, 0.1) is 0 Å². The normalized spacial score (nSPS) is 22.6. The molecule has 0 radical (unpaired) electrons. The van der Waals surface area contributed by atoms with Crippen LogP contribution in [0.3, 0.4) is 0 Å². The summed E-state index contributed by atoms with van der Waals surface area (Å²) in [5.74, 6) is -1.09. The van der Waals surface area contributed by atoms with Crippen LogP contribution < -0.4 is 5.73 Å². The number of nitrogens with two attached hydrogens (primary N) is 1. The molecule has 4 nitrogen and oxygen atoms in total. The topological polar surface area (TPSA) is 59.2 Å². The van der Waals surface area contributed by atoms with Crippen molar-refractivity contribution in [3.8, 4) is 0 Å². The fourth-order valence-electron chi connectivity index (χ4n) is 2.35. The van der Waals surface area contributed by atoms with Crippen LogP contribution in [0.25, 0.3) is 0 Å².